The van der Waals surface area contributed by atoms with Gasteiger partial charge in [0.05, 0.1) is 25.9 Å². The van der Waals surface area contributed by atoms with Crippen LogP contribution in [0.25, 0.3) is 0 Å². The summed E-state index contributed by atoms with van der Waals surface area (Å²) in [5, 5.41) is 53.0. The minimum Gasteiger partial charge on any atom is -0.469 e. The predicted molar refractivity (Wildman–Crippen MR) is 111 cm³/mol. The number of carbonyl (C=O) groups is 2. The van der Waals surface area contributed by atoms with E-state index in [4.69, 9.17) is 9.84 Å². The third-order valence-corrected chi connectivity index (χ3v) is 5.62. The van der Waals surface area contributed by atoms with Crippen molar-refractivity contribution in [2.75, 3.05) is 13.7 Å². The molecule has 31 heavy (non-hydrogen) atoms. The van der Waals surface area contributed by atoms with E-state index < -0.39 is 48.8 Å². The number of ether oxygens (including phenoxy) is 2. The average molecular weight is 450 g/mol. The molecule has 6 atom stereocenters. The van der Waals surface area contributed by atoms with Crippen LogP contribution in [-0.2, 0) is 19.1 Å². The third-order valence-electron chi connectivity index (χ3n) is 5.62. The van der Waals surface area contributed by atoms with Crippen LogP contribution in [0.3, 0.4) is 0 Å². The van der Waals surface area contributed by atoms with Crippen molar-refractivity contribution in [3.8, 4) is 0 Å². The summed E-state index contributed by atoms with van der Waals surface area (Å²) in [6, 6.07) is -1.03. The number of methoxy groups -OCH3 is 1. The molecule has 0 aromatic carbocycles. The highest BCUT2D eigenvalue weighted by Gasteiger charge is 2.49. The number of unbranched alkanes of at least 4 members (excludes halogenated alkanes) is 6. The number of hydrogen-bond donors (Lipinski definition) is 6. The first-order valence-corrected chi connectivity index (χ1v) is 11.0. The fourth-order valence-electron chi connectivity index (χ4n) is 3.89. The Labute approximate surface area is 183 Å². The number of carbonyl (C=O) groups excluding carboxylic acids is 2. The SMILES string of the molecule is COC(=O)CCCCCCCCC[C@]1(O)C[C@H](O)[C@@H](NC(C)=O)[C@H]([C@H](O)[C@H](O)CO)O1. The lowest BCUT2D eigenvalue weighted by Gasteiger charge is -2.46. The Hall–Kier alpha value is -1.30. The summed E-state index contributed by atoms with van der Waals surface area (Å²) in [6.45, 7) is 0.511. The topological polar surface area (TPSA) is 166 Å². The van der Waals surface area contributed by atoms with Crippen LogP contribution in [0.4, 0.5) is 0 Å². The largest absolute Gasteiger partial charge is 0.469 e. The summed E-state index contributed by atoms with van der Waals surface area (Å²) < 4.78 is 10.2. The van der Waals surface area contributed by atoms with Gasteiger partial charge in [-0.15, -0.1) is 0 Å². The summed E-state index contributed by atoms with van der Waals surface area (Å²) in [5.41, 5.74) is 0. The third kappa shape index (κ3) is 9.80. The second kappa shape index (κ2) is 14.0. The maximum absolute atomic E-state index is 11.5. The monoisotopic (exact) mass is 449 g/mol. The second-order valence-corrected chi connectivity index (χ2v) is 8.32. The van der Waals surface area contributed by atoms with E-state index in [1.807, 2.05) is 0 Å². The average Bonchev–Trinajstić information content (AvgIpc) is 2.72. The summed E-state index contributed by atoms with van der Waals surface area (Å²) >= 11 is 0. The quantitative estimate of drug-likeness (QED) is 0.155. The van der Waals surface area contributed by atoms with Crippen LogP contribution >= 0.6 is 0 Å². The van der Waals surface area contributed by atoms with E-state index in [-0.39, 0.29) is 18.8 Å². The number of rotatable bonds is 14. The van der Waals surface area contributed by atoms with Crippen molar-refractivity contribution < 1.29 is 44.6 Å². The van der Waals surface area contributed by atoms with Crippen LogP contribution in [0.2, 0.25) is 0 Å². The van der Waals surface area contributed by atoms with Gasteiger partial charge in [-0.25, -0.2) is 0 Å². The van der Waals surface area contributed by atoms with Crippen molar-refractivity contribution in [1.82, 2.24) is 5.32 Å². The zero-order valence-electron chi connectivity index (χ0n) is 18.5. The maximum Gasteiger partial charge on any atom is 0.305 e. The maximum atomic E-state index is 11.5. The Balaban J connectivity index is 2.47. The van der Waals surface area contributed by atoms with E-state index in [1.54, 1.807) is 0 Å². The van der Waals surface area contributed by atoms with E-state index in [1.165, 1.54) is 14.0 Å². The zero-order valence-corrected chi connectivity index (χ0v) is 18.5. The van der Waals surface area contributed by atoms with Crippen molar-refractivity contribution in [2.24, 2.45) is 0 Å². The molecule has 6 N–H and O–H groups in total. The molecule has 0 radical (unpaired) electrons. The van der Waals surface area contributed by atoms with Gasteiger partial charge in [-0.3, -0.25) is 9.59 Å². The molecule has 1 aliphatic rings. The summed E-state index contributed by atoms with van der Waals surface area (Å²) in [6.07, 6.45) is 1.04. The van der Waals surface area contributed by atoms with Crippen LogP contribution in [0.5, 0.6) is 0 Å². The van der Waals surface area contributed by atoms with Gasteiger partial charge in [0.1, 0.15) is 18.3 Å². The van der Waals surface area contributed by atoms with Gasteiger partial charge in [-0.1, -0.05) is 32.1 Å². The number of aliphatic hydroxyl groups excluding tert-OH is 4. The van der Waals surface area contributed by atoms with Gasteiger partial charge in [0.15, 0.2) is 5.79 Å². The van der Waals surface area contributed by atoms with E-state index in [9.17, 15) is 30.0 Å². The molecular formula is C21H39NO9. The Morgan fingerprint density at radius 2 is 1.71 bits per heavy atom. The molecule has 1 saturated heterocycles. The number of amides is 1. The molecule has 0 aromatic rings. The van der Waals surface area contributed by atoms with Gasteiger partial charge in [-0.05, 0) is 12.8 Å². The molecule has 0 spiro atoms. The fraction of sp³-hybridized carbons (Fsp3) is 0.905. The molecule has 0 unspecified atom stereocenters. The molecule has 182 valence electrons. The van der Waals surface area contributed by atoms with Crippen molar-refractivity contribution in [1.29, 1.82) is 0 Å². The van der Waals surface area contributed by atoms with Gasteiger partial charge in [0, 0.05) is 26.2 Å². The molecule has 1 aliphatic heterocycles. The van der Waals surface area contributed by atoms with Crippen molar-refractivity contribution in [2.45, 2.75) is 107 Å². The van der Waals surface area contributed by atoms with Gasteiger partial charge >= 0.3 is 5.97 Å². The van der Waals surface area contributed by atoms with E-state index in [2.05, 4.69) is 10.1 Å². The lowest BCUT2D eigenvalue weighted by Crippen LogP contribution is -2.65. The first-order valence-electron chi connectivity index (χ1n) is 11.0. The molecule has 0 aliphatic carbocycles. The zero-order chi connectivity index (χ0) is 23.4. The lowest BCUT2D eigenvalue weighted by atomic mass is 9.87. The van der Waals surface area contributed by atoms with Crippen LogP contribution in [0.15, 0.2) is 0 Å². The van der Waals surface area contributed by atoms with E-state index in [0.29, 0.717) is 12.8 Å². The summed E-state index contributed by atoms with van der Waals surface area (Å²) in [5.74, 6) is -2.37. The lowest BCUT2D eigenvalue weighted by molar-refractivity contribution is -0.304. The van der Waals surface area contributed by atoms with Gasteiger partial charge in [-0.2, -0.15) is 0 Å². The molecular weight excluding hydrogens is 410 g/mol. The highest BCUT2D eigenvalue weighted by atomic mass is 16.6. The standard InChI is InChI=1S/C21H39NO9/c1-14(24)22-18-15(25)12-21(29,31-20(18)19(28)16(26)13-23)11-9-7-5-3-4-6-8-10-17(27)30-2/h15-16,18-20,23,25-26,28-29H,3-13H2,1-2H3,(H,22,24)/t15-,16+,18+,19+,20+,21+/m0/s1. The number of nitrogens with one attached hydrogen (secondary N) is 1. The number of aliphatic hydroxyl groups is 5. The summed E-state index contributed by atoms with van der Waals surface area (Å²) in [7, 11) is 1.38. The van der Waals surface area contributed by atoms with Crippen LogP contribution in [0, 0.1) is 0 Å². The van der Waals surface area contributed by atoms with Crippen LogP contribution in [-0.4, -0.2) is 87.4 Å². The van der Waals surface area contributed by atoms with Crippen LogP contribution < -0.4 is 5.32 Å². The molecule has 10 heteroatoms. The fourth-order valence-corrected chi connectivity index (χ4v) is 3.89. The number of esters is 1. The first kappa shape index (κ1) is 27.7. The predicted octanol–water partition coefficient (Wildman–Crippen LogP) is -0.272. The molecule has 0 bridgehead atoms. The molecule has 1 amide bonds. The Morgan fingerprint density at radius 1 is 1.13 bits per heavy atom. The van der Waals surface area contributed by atoms with Crippen LogP contribution in [0.1, 0.15) is 71.1 Å². The smallest absolute Gasteiger partial charge is 0.305 e. The van der Waals surface area contributed by atoms with E-state index >= 15 is 0 Å². The highest BCUT2D eigenvalue weighted by Crippen LogP contribution is 2.34. The highest BCUT2D eigenvalue weighted by molar-refractivity contribution is 5.73. The summed E-state index contributed by atoms with van der Waals surface area (Å²) in [4.78, 5) is 22.5. The molecule has 0 saturated carbocycles. The van der Waals surface area contributed by atoms with Crippen molar-refractivity contribution in [3.63, 3.8) is 0 Å². The molecule has 1 heterocycles. The molecule has 1 fully saturated rings. The minimum atomic E-state index is -1.71. The van der Waals surface area contributed by atoms with Gasteiger partial charge in [0.2, 0.25) is 5.91 Å². The second-order valence-electron chi connectivity index (χ2n) is 8.32. The Kier molecular flexibility index (Phi) is 12.5. The normalized spacial score (nSPS) is 28.0. The Morgan fingerprint density at radius 3 is 2.26 bits per heavy atom. The number of hydrogen-bond acceptors (Lipinski definition) is 9. The first-order chi connectivity index (χ1) is 14.6. The van der Waals surface area contributed by atoms with Gasteiger partial charge < -0.3 is 40.3 Å². The van der Waals surface area contributed by atoms with Crippen molar-refractivity contribution >= 4 is 11.9 Å². The molecule has 0 aromatic heterocycles. The van der Waals surface area contributed by atoms with E-state index in [0.717, 1.165) is 38.5 Å². The Bertz CT molecular complexity index is 547. The molecule has 10 nitrogen and oxygen atoms in total. The van der Waals surface area contributed by atoms with Crippen molar-refractivity contribution in [3.05, 3.63) is 0 Å². The minimum absolute atomic E-state index is 0.149. The van der Waals surface area contributed by atoms with Gasteiger partial charge in [0.25, 0.3) is 0 Å². The molecule has 1 rings (SSSR count).